The minimum absolute atomic E-state index is 0.215. The fraction of sp³-hybridized carbons (Fsp3) is 0.100. The van der Waals surface area contributed by atoms with E-state index in [1.807, 2.05) is 55.5 Å². The van der Waals surface area contributed by atoms with Crippen LogP contribution in [0.5, 0.6) is 0 Å². The smallest absolute Gasteiger partial charge is 0.240 e. The molecule has 0 bridgehead atoms. The molecule has 0 aliphatic heterocycles. The number of aromatic nitrogens is 1. The highest BCUT2D eigenvalue weighted by Crippen LogP contribution is 2.12. The molecule has 0 amide bonds. The van der Waals surface area contributed by atoms with Crippen molar-refractivity contribution < 1.29 is 8.42 Å². The van der Waals surface area contributed by atoms with E-state index in [-0.39, 0.29) is 11.4 Å². The Morgan fingerprint density at radius 1 is 0.963 bits per heavy atom. The molecule has 1 aromatic heterocycles. The lowest BCUT2D eigenvalue weighted by Crippen LogP contribution is -2.23. The van der Waals surface area contributed by atoms with E-state index in [1.165, 1.54) is 0 Å². The predicted octanol–water partition coefficient (Wildman–Crippen LogP) is 3.40. The van der Waals surface area contributed by atoms with Gasteiger partial charge in [-0.15, -0.1) is 0 Å². The average Bonchev–Trinajstić information content (AvgIpc) is 2.72. The lowest BCUT2D eigenvalue weighted by atomic mass is 10.1. The molecule has 3 rings (SSSR count). The highest BCUT2D eigenvalue weighted by atomic mass is 32.2. The van der Waals surface area contributed by atoms with Crippen molar-refractivity contribution in [2.45, 2.75) is 18.4 Å². The molecule has 0 saturated carbocycles. The monoisotopic (exact) mass is 380 g/mol. The molecule has 0 saturated heterocycles. The molecular formula is C20H20N4O2S. The third-order valence-corrected chi connectivity index (χ3v) is 5.31. The van der Waals surface area contributed by atoms with Crippen LogP contribution in [0.2, 0.25) is 0 Å². The van der Waals surface area contributed by atoms with Crippen molar-refractivity contribution in [1.82, 2.24) is 9.71 Å². The van der Waals surface area contributed by atoms with Crippen LogP contribution in [0.25, 0.3) is 0 Å². The van der Waals surface area contributed by atoms with Crippen molar-refractivity contribution in [1.29, 1.82) is 0 Å². The summed E-state index contributed by atoms with van der Waals surface area (Å²) in [5.74, 6) is 0.640. The molecule has 1 heterocycles. The van der Waals surface area contributed by atoms with Gasteiger partial charge in [-0.2, -0.15) is 5.10 Å². The number of hydrogen-bond acceptors (Lipinski definition) is 5. The summed E-state index contributed by atoms with van der Waals surface area (Å²) in [5.41, 5.74) is 5.32. The van der Waals surface area contributed by atoms with Crippen molar-refractivity contribution in [2.24, 2.45) is 5.10 Å². The van der Waals surface area contributed by atoms with Gasteiger partial charge in [0.05, 0.1) is 10.6 Å². The molecule has 0 aliphatic rings. The number of anilines is 1. The summed E-state index contributed by atoms with van der Waals surface area (Å²) in [5, 5.41) is 4.27. The summed E-state index contributed by atoms with van der Waals surface area (Å²) < 4.78 is 27.5. The number of nitrogens with zero attached hydrogens (tertiary/aromatic N) is 2. The zero-order valence-electron chi connectivity index (χ0n) is 14.8. The summed E-state index contributed by atoms with van der Waals surface area (Å²) in [6, 6.07) is 21.5. The second kappa shape index (κ2) is 8.57. The van der Waals surface area contributed by atoms with E-state index in [9.17, 15) is 8.42 Å². The number of hydrazone groups is 1. The molecule has 2 aromatic carbocycles. The minimum atomic E-state index is -3.57. The molecule has 27 heavy (non-hydrogen) atoms. The molecule has 0 spiro atoms. The van der Waals surface area contributed by atoms with Gasteiger partial charge in [0.2, 0.25) is 10.0 Å². The van der Waals surface area contributed by atoms with Crippen LogP contribution < -0.4 is 10.1 Å². The maximum absolute atomic E-state index is 12.4. The maximum Gasteiger partial charge on any atom is 0.240 e. The fourth-order valence-corrected chi connectivity index (χ4v) is 3.39. The number of hydrogen-bond donors (Lipinski definition) is 2. The van der Waals surface area contributed by atoms with E-state index in [2.05, 4.69) is 20.2 Å². The molecule has 3 aromatic rings. The standard InChI is InChI=1S/C20H20N4O2S/c1-16(23-24-20-9-5-6-14-21-20)18-10-12-19(13-11-18)27(25,26)22-15-17-7-3-2-4-8-17/h2-14,22H,15H2,1H3,(H,21,24)/b23-16-. The molecular weight excluding hydrogens is 360 g/mol. The zero-order valence-corrected chi connectivity index (χ0v) is 15.6. The van der Waals surface area contributed by atoms with Crippen molar-refractivity contribution in [2.75, 3.05) is 5.43 Å². The van der Waals surface area contributed by atoms with Crippen molar-refractivity contribution in [3.05, 3.63) is 90.1 Å². The molecule has 0 atom stereocenters. The van der Waals surface area contributed by atoms with Crippen molar-refractivity contribution in [3.63, 3.8) is 0 Å². The Morgan fingerprint density at radius 3 is 2.33 bits per heavy atom. The molecule has 7 heteroatoms. The average molecular weight is 380 g/mol. The van der Waals surface area contributed by atoms with E-state index >= 15 is 0 Å². The third kappa shape index (κ3) is 5.22. The van der Waals surface area contributed by atoms with Gasteiger partial charge < -0.3 is 0 Å². The number of sulfonamides is 1. The second-order valence-electron chi connectivity index (χ2n) is 5.86. The van der Waals surface area contributed by atoms with E-state index in [1.54, 1.807) is 30.5 Å². The maximum atomic E-state index is 12.4. The highest BCUT2D eigenvalue weighted by molar-refractivity contribution is 7.89. The number of nitrogens with one attached hydrogen (secondary N) is 2. The van der Waals surface area contributed by atoms with Crippen molar-refractivity contribution >= 4 is 21.6 Å². The van der Waals surface area contributed by atoms with Crippen LogP contribution in [-0.4, -0.2) is 19.1 Å². The molecule has 138 valence electrons. The Hall–Kier alpha value is -3.03. The summed E-state index contributed by atoms with van der Waals surface area (Å²) in [7, 11) is -3.57. The van der Waals surface area contributed by atoms with Gasteiger partial charge in [0.1, 0.15) is 5.82 Å². The van der Waals surface area contributed by atoms with Crippen LogP contribution in [0.1, 0.15) is 18.1 Å². The first-order chi connectivity index (χ1) is 13.0. The van der Waals surface area contributed by atoms with Gasteiger partial charge in [-0.05, 0) is 42.3 Å². The fourth-order valence-electron chi connectivity index (χ4n) is 2.37. The molecule has 0 aliphatic carbocycles. The van der Waals surface area contributed by atoms with E-state index in [0.29, 0.717) is 5.82 Å². The van der Waals surface area contributed by atoms with Crippen LogP contribution in [0.3, 0.4) is 0 Å². The van der Waals surface area contributed by atoms with E-state index < -0.39 is 10.0 Å². The molecule has 0 radical (unpaired) electrons. The van der Waals surface area contributed by atoms with E-state index in [4.69, 9.17) is 0 Å². The van der Waals surface area contributed by atoms with Gasteiger partial charge in [0, 0.05) is 12.7 Å². The van der Waals surface area contributed by atoms with Crippen molar-refractivity contribution in [3.8, 4) is 0 Å². The van der Waals surface area contributed by atoms with Crippen LogP contribution >= 0.6 is 0 Å². The largest absolute Gasteiger partial charge is 0.261 e. The Labute approximate surface area is 159 Å². The quantitative estimate of drug-likeness (QED) is 0.486. The molecule has 0 unspecified atom stereocenters. The summed E-state index contributed by atoms with van der Waals surface area (Å²) in [6.45, 7) is 2.09. The summed E-state index contributed by atoms with van der Waals surface area (Å²) in [6.07, 6.45) is 1.68. The van der Waals surface area contributed by atoms with Gasteiger partial charge in [-0.25, -0.2) is 18.1 Å². The zero-order chi connectivity index (χ0) is 19.1. The van der Waals surface area contributed by atoms with Crippen LogP contribution in [0.15, 0.2) is 89.0 Å². The van der Waals surface area contributed by atoms with Gasteiger partial charge in [0.15, 0.2) is 0 Å². The molecule has 2 N–H and O–H groups in total. The third-order valence-electron chi connectivity index (χ3n) is 3.89. The Balaban J connectivity index is 1.66. The van der Waals surface area contributed by atoms with Crippen LogP contribution in [0, 0.1) is 0 Å². The first-order valence-corrected chi connectivity index (χ1v) is 9.88. The molecule has 0 fully saturated rings. The Kier molecular flexibility index (Phi) is 5.95. The first-order valence-electron chi connectivity index (χ1n) is 8.40. The lowest BCUT2D eigenvalue weighted by molar-refractivity contribution is 0.581. The summed E-state index contributed by atoms with van der Waals surface area (Å²) in [4.78, 5) is 4.35. The SMILES string of the molecule is C/C(=N/Nc1ccccn1)c1ccc(S(=O)(=O)NCc2ccccc2)cc1. The topological polar surface area (TPSA) is 83.5 Å². The number of benzene rings is 2. The minimum Gasteiger partial charge on any atom is -0.261 e. The normalized spacial score (nSPS) is 12.0. The van der Waals surface area contributed by atoms with Gasteiger partial charge in [-0.1, -0.05) is 48.5 Å². The number of pyridine rings is 1. The van der Waals surface area contributed by atoms with Gasteiger partial charge in [0.25, 0.3) is 0 Å². The highest BCUT2D eigenvalue weighted by Gasteiger charge is 2.13. The van der Waals surface area contributed by atoms with Gasteiger partial charge in [-0.3, -0.25) is 5.43 Å². The Morgan fingerprint density at radius 2 is 1.67 bits per heavy atom. The van der Waals surface area contributed by atoms with Crippen LogP contribution in [-0.2, 0) is 16.6 Å². The second-order valence-corrected chi connectivity index (χ2v) is 7.63. The number of rotatable bonds is 7. The summed E-state index contributed by atoms with van der Waals surface area (Å²) >= 11 is 0. The van der Waals surface area contributed by atoms with Gasteiger partial charge >= 0.3 is 0 Å². The van der Waals surface area contributed by atoms with E-state index in [0.717, 1.165) is 16.8 Å². The Bertz CT molecular complexity index is 1000. The predicted molar refractivity (Wildman–Crippen MR) is 107 cm³/mol. The lowest BCUT2D eigenvalue weighted by Gasteiger charge is -2.08. The van der Waals surface area contributed by atoms with Crippen LogP contribution in [0.4, 0.5) is 5.82 Å². The first kappa shape index (κ1) is 18.8. The molecule has 6 nitrogen and oxygen atoms in total.